The molecule has 0 bridgehead atoms. The number of halogens is 2. The van der Waals surface area contributed by atoms with Crippen molar-refractivity contribution in [2.45, 2.75) is 0 Å². The van der Waals surface area contributed by atoms with Crippen LogP contribution in [0.15, 0.2) is 48.7 Å². The lowest BCUT2D eigenvalue weighted by atomic mass is 10.0. The predicted molar refractivity (Wildman–Crippen MR) is 109 cm³/mol. The van der Waals surface area contributed by atoms with Crippen LogP contribution in [0.25, 0.3) is 44.3 Å². The van der Waals surface area contributed by atoms with Crippen molar-refractivity contribution in [1.29, 1.82) is 0 Å². The Morgan fingerprint density at radius 3 is 2.47 bits per heavy atom. The van der Waals surface area contributed by atoms with Gasteiger partial charge in [0.25, 0.3) is 5.91 Å². The van der Waals surface area contributed by atoms with Crippen LogP contribution in [-0.2, 0) is 0 Å². The lowest BCUT2D eigenvalue weighted by molar-refractivity contribution is 0.0992. The quantitative estimate of drug-likeness (QED) is 0.365. The SMILES string of the molecule is NC(=O)c1c(F)cc(-c2cc3c(-c4ccc5[nH]nc(N)c5c4)ccnc3[nH]2)cc1F. The van der Waals surface area contributed by atoms with Gasteiger partial charge < -0.3 is 16.5 Å². The molecule has 0 atom stereocenters. The molecule has 5 rings (SSSR count). The molecule has 5 aromatic rings. The third-order valence-corrected chi connectivity index (χ3v) is 5.03. The van der Waals surface area contributed by atoms with E-state index in [0.29, 0.717) is 17.2 Å². The normalized spacial score (nSPS) is 11.4. The highest BCUT2D eigenvalue weighted by atomic mass is 19.1. The maximum absolute atomic E-state index is 14.2. The van der Waals surface area contributed by atoms with E-state index >= 15 is 0 Å². The first kappa shape index (κ1) is 17.8. The number of hydrogen-bond acceptors (Lipinski definition) is 4. The second kappa shape index (κ2) is 6.38. The number of nitrogen functional groups attached to an aromatic ring is 1. The minimum Gasteiger partial charge on any atom is -0.382 e. The summed E-state index contributed by atoms with van der Waals surface area (Å²) in [6, 6.07) is 11.4. The number of carbonyl (C=O) groups is 1. The van der Waals surface area contributed by atoms with Crippen molar-refractivity contribution in [3.8, 4) is 22.4 Å². The van der Waals surface area contributed by atoms with Crippen molar-refractivity contribution in [3.05, 3.63) is 65.9 Å². The Morgan fingerprint density at radius 1 is 0.967 bits per heavy atom. The Morgan fingerprint density at radius 2 is 1.73 bits per heavy atom. The van der Waals surface area contributed by atoms with Gasteiger partial charge in [-0.25, -0.2) is 13.8 Å². The van der Waals surface area contributed by atoms with Gasteiger partial charge in [-0.05, 0) is 47.5 Å². The molecule has 30 heavy (non-hydrogen) atoms. The summed E-state index contributed by atoms with van der Waals surface area (Å²) < 4.78 is 28.4. The number of H-pyrrole nitrogens is 2. The molecular weight excluding hydrogens is 390 g/mol. The summed E-state index contributed by atoms with van der Waals surface area (Å²) in [6.45, 7) is 0. The topological polar surface area (TPSA) is 126 Å². The number of aromatic amines is 2. The fourth-order valence-corrected chi connectivity index (χ4v) is 3.60. The maximum Gasteiger partial charge on any atom is 0.254 e. The van der Waals surface area contributed by atoms with E-state index in [-0.39, 0.29) is 5.56 Å². The molecule has 0 unspecified atom stereocenters. The van der Waals surface area contributed by atoms with E-state index in [4.69, 9.17) is 11.5 Å². The van der Waals surface area contributed by atoms with E-state index in [1.165, 1.54) is 0 Å². The highest BCUT2D eigenvalue weighted by Gasteiger charge is 2.18. The molecule has 0 aliphatic heterocycles. The van der Waals surface area contributed by atoms with Crippen molar-refractivity contribution in [2.24, 2.45) is 5.73 Å². The van der Waals surface area contributed by atoms with Gasteiger partial charge in [0.1, 0.15) is 22.8 Å². The molecule has 0 saturated carbocycles. The average Bonchev–Trinajstić information content (AvgIpc) is 3.30. The van der Waals surface area contributed by atoms with Gasteiger partial charge in [-0.3, -0.25) is 9.89 Å². The zero-order valence-corrected chi connectivity index (χ0v) is 15.3. The average molecular weight is 404 g/mol. The van der Waals surface area contributed by atoms with Crippen LogP contribution in [0, 0.1) is 11.6 Å². The maximum atomic E-state index is 14.2. The first-order chi connectivity index (χ1) is 14.4. The van der Waals surface area contributed by atoms with Crippen molar-refractivity contribution in [2.75, 3.05) is 5.73 Å². The Labute approximate surface area is 167 Å². The van der Waals surface area contributed by atoms with Gasteiger partial charge in [-0.1, -0.05) is 6.07 Å². The van der Waals surface area contributed by atoms with E-state index in [1.54, 1.807) is 12.3 Å². The zero-order valence-electron chi connectivity index (χ0n) is 15.3. The predicted octanol–water partition coefficient (Wildman–Crippen LogP) is 3.73. The van der Waals surface area contributed by atoms with Crippen LogP contribution in [0.1, 0.15) is 10.4 Å². The van der Waals surface area contributed by atoms with E-state index in [0.717, 1.165) is 39.5 Å². The van der Waals surface area contributed by atoms with E-state index in [9.17, 15) is 13.6 Å². The van der Waals surface area contributed by atoms with E-state index in [2.05, 4.69) is 20.2 Å². The number of amides is 1. The summed E-state index contributed by atoms with van der Waals surface area (Å²) in [5.41, 5.74) is 14.0. The molecular formula is C21H14F2N6O. The Hall–Kier alpha value is -4.27. The van der Waals surface area contributed by atoms with Crippen LogP contribution >= 0.6 is 0 Å². The number of pyridine rings is 1. The number of nitrogens with one attached hydrogen (secondary N) is 2. The Bertz CT molecular complexity index is 1450. The summed E-state index contributed by atoms with van der Waals surface area (Å²) in [6.07, 6.45) is 1.64. The molecule has 6 N–H and O–H groups in total. The van der Waals surface area contributed by atoms with Crippen molar-refractivity contribution < 1.29 is 13.6 Å². The monoisotopic (exact) mass is 404 g/mol. The van der Waals surface area contributed by atoms with Crippen LogP contribution < -0.4 is 11.5 Å². The van der Waals surface area contributed by atoms with Crippen molar-refractivity contribution in [1.82, 2.24) is 20.2 Å². The number of hydrogen-bond donors (Lipinski definition) is 4. The lowest BCUT2D eigenvalue weighted by Gasteiger charge is -2.04. The van der Waals surface area contributed by atoms with E-state index < -0.39 is 23.1 Å². The molecule has 0 aliphatic carbocycles. The van der Waals surface area contributed by atoms with Crippen LogP contribution in [0.3, 0.4) is 0 Å². The minimum atomic E-state index is -1.16. The van der Waals surface area contributed by atoms with Gasteiger partial charge in [-0.2, -0.15) is 5.10 Å². The smallest absolute Gasteiger partial charge is 0.254 e. The number of nitrogens with two attached hydrogens (primary N) is 2. The molecule has 1 amide bonds. The Kier molecular flexibility index (Phi) is 3.78. The fourth-order valence-electron chi connectivity index (χ4n) is 3.60. The molecule has 0 aliphatic rings. The number of primary amides is 1. The standard InChI is InChI=1S/C21H14F2N6O/c22-14-6-10(7-15(23)18(14)20(25)30)17-8-12-11(3-4-26-21(12)27-17)9-1-2-16-13(5-9)19(24)29-28-16/h1-8H,(H2,25,30)(H,26,27)(H3,24,28,29). The molecule has 7 nitrogen and oxygen atoms in total. The molecule has 0 fully saturated rings. The third-order valence-electron chi connectivity index (χ3n) is 5.03. The van der Waals surface area contributed by atoms with Crippen LogP contribution in [-0.4, -0.2) is 26.1 Å². The van der Waals surface area contributed by atoms with Gasteiger partial charge in [0.15, 0.2) is 5.82 Å². The van der Waals surface area contributed by atoms with Crippen molar-refractivity contribution >= 4 is 33.7 Å². The van der Waals surface area contributed by atoms with Gasteiger partial charge in [0.05, 0.1) is 5.52 Å². The third kappa shape index (κ3) is 2.67. The largest absolute Gasteiger partial charge is 0.382 e. The summed E-state index contributed by atoms with van der Waals surface area (Å²) in [5, 5.41) is 8.41. The number of rotatable bonds is 3. The number of benzene rings is 2. The number of aromatic nitrogens is 4. The summed E-state index contributed by atoms with van der Waals surface area (Å²) in [7, 11) is 0. The van der Waals surface area contributed by atoms with Crippen LogP contribution in [0.5, 0.6) is 0 Å². The summed E-state index contributed by atoms with van der Waals surface area (Å²) in [5.74, 6) is -2.81. The number of anilines is 1. The number of nitrogens with zero attached hydrogens (tertiary/aromatic N) is 2. The van der Waals surface area contributed by atoms with Crippen LogP contribution in [0.4, 0.5) is 14.6 Å². The molecule has 9 heteroatoms. The van der Waals surface area contributed by atoms with Gasteiger partial charge in [0, 0.05) is 28.2 Å². The molecule has 2 aromatic carbocycles. The van der Waals surface area contributed by atoms with Gasteiger partial charge in [-0.15, -0.1) is 0 Å². The molecule has 0 radical (unpaired) electrons. The van der Waals surface area contributed by atoms with Crippen molar-refractivity contribution in [3.63, 3.8) is 0 Å². The number of carbonyl (C=O) groups excluding carboxylic acids is 1. The second-order valence-electron chi connectivity index (χ2n) is 6.85. The van der Waals surface area contributed by atoms with E-state index in [1.807, 2.05) is 24.3 Å². The first-order valence-electron chi connectivity index (χ1n) is 8.93. The van der Waals surface area contributed by atoms with Gasteiger partial charge in [0.2, 0.25) is 0 Å². The van der Waals surface area contributed by atoms with Gasteiger partial charge >= 0.3 is 0 Å². The van der Waals surface area contributed by atoms with Crippen LogP contribution in [0.2, 0.25) is 0 Å². The second-order valence-corrected chi connectivity index (χ2v) is 6.85. The lowest BCUT2D eigenvalue weighted by Crippen LogP contribution is -2.15. The minimum absolute atomic E-state index is 0.230. The highest BCUT2D eigenvalue weighted by Crippen LogP contribution is 2.34. The molecule has 3 aromatic heterocycles. The highest BCUT2D eigenvalue weighted by molar-refractivity contribution is 6.00. The fraction of sp³-hybridized carbons (Fsp3) is 0. The summed E-state index contributed by atoms with van der Waals surface area (Å²) >= 11 is 0. The molecule has 0 saturated heterocycles. The first-order valence-corrected chi connectivity index (χ1v) is 8.93. The Balaban J connectivity index is 1.67. The summed E-state index contributed by atoms with van der Waals surface area (Å²) in [4.78, 5) is 18.6. The molecule has 0 spiro atoms. The number of fused-ring (bicyclic) bond motifs is 2. The molecule has 3 heterocycles. The molecule has 148 valence electrons. The zero-order chi connectivity index (χ0) is 21.0.